The third-order valence-corrected chi connectivity index (χ3v) is 5.12. The molecule has 142 valence electrons. The fraction of sp³-hybridized carbons (Fsp3) is 0.227. The summed E-state index contributed by atoms with van der Waals surface area (Å²) in [5.74, 6) is -0.944. The molecule has 0 unspecified atom stereocenters. The summed E-state index contributed by atoms with van der Waals surface area (Å²) >= 11 is 0. The van der Waals surface area contributed by atoms with Crippen molar-refractivity contribution < 1.29 is 14.0 Å². The van der Waals surface area contributed by atoms with Crippen LogP contribution in [0.4, 0.5) is 10.2 Å². The topological polar surface area (TPSA) is 64.0 Å². The quantitative estimate of drug-likeness (QED) is 0.694. The number of nitrogens with zero attached hydrogens (tertiary/aromatic N) is 2. The first-order chi connectivity index (χ1) is 13.5. The van der Waals surface area contributed by atoms with Gasteiger partial charge in [-0.3, -0.25) is 9.59 Å². The van der Waals surface area contributed by atoms with Gasteiger partial charge in [0.2, 0.25) is 5.91 Å². The van der Waals surface area contributed by atoms with E-state index in [2.05, 4.69) is 17.3 Å². The number of carbonyl (C=O) groups is 2. The highest BCUT2D eigenvalue weighted by molar-refractivity contribution is 6.08. The van der Waals surface area contributed by atoms with Gasteiger partial charge in [-0.15, -0.1) is 0 Å². The molecule has 0 bridgehead atoms. The molecule has 0 spiro atoms. The lowest BCUT2D eigenvalue weighted by Gasteiger charge is -2.23. The van der Waals surface area contributed by atoms with Crippen molar-refractivity contribution in [2.45, 2.75) is 32.6 Å². The van der Waals surface area contributed by atoms with Crippen molar-refractivity contribution in [3.05, 3.63) is 76.7 Å². The molecule has 2 aromatic carbocycles. The molecule has 0 saturated heterocycles. The Morgan fingerprint density at radius 1 is 1.25 bits per heavy atom. The minimum atomic E-state index is -0.612. The smallest absolute Gasteiger partial charge is 0.226 e. The molecule has 4 rings (SSSR count). The van der Waals surface area contributed by atoms with Crippen molar-refractivity contribution in [3.63, 3.8) is 0 Å². The van der Waals surface area contributed by atoms with Crippen LogP contribution in [0.3, 0.4) is 0 Å². The summed E-state index contributed by atoms with van der Waals surface area (Å²) < 4.78 is 15.2. The van der Waals surface area contributed by atoms with Crippen LogP contribution in [0.2, 0.25) is 0 Å². The fourth-order valence-corrected chi connectivity index (χ4v) is 3.67. The molecule has 0 saturated carbocycles. The standard InChI is InChI=1S/C22H20FN3O2/c1-3-14-7-9-15(10-8-14)21(28)18-12-19(27)24-22-20(18)13(2)25-26(22)17-6-4-5-16(23)11-17/h4-11,18H,3,12H2,1-2H3,(H,24,27)/t18-/m0/s1. The normalized spacial score (nSPS) is 15.8. The molecule has 0 fully saturated rings. The molecule has 5 nitrogen and oxygen atoms in total. The molecular formula is C22H20FN3O2. The van der Waals surface area contributed by atoms with Gasteiger partial charge in [-0.1, -0.05) is 37.3 Å². The lowest BCUT2D eigenvalue weighted by atomic mass is 9.85. The highest BCUT2D eigenvalue weighted by atomic mass is 19.1. The summed E-state index contributed by atoms with van der Waals surface area (Å²) in [4.78, 5) is 25.5. The number of amides is 1. The van der Waals surface area contributed by atoms with Gasteiger partial charge in [-0.05, 0) is 37.1 Å². The molecule has 3 aromatic rings. The molecule has 1 aliphatic heterocycles. The molecule has 6 heteroatoms. The van der Waals surface area contributed by atoms with Crippen molar-refractivity contribution in [1.29, 1.82) is 0 Å². The van der Waals surface area contributed by atoms with Crippen LogP contribution in [0.15, 0.2) is 48.5 Å². The Labute approximate surface area is 162 Å². The molecule has 28 heavy (non-hydrogen) atoms. The number of Topliss-reactive ketones (excluding diaryl/α,β-unsaturated/α-hetero) is 1. The number of fused-ring (bicyclic) bond motifs is 1. The number of halogens is 1. The Morgan fingerprint density at radius 3 is 2.68 bits per heavy atom. The van der Waals surface area contributed by atoms with E-state index in [9.17, 15) is 14.0 Å². The van der Waals surface area contributed by atoms with Gasteiger partial charge in [0.15, 0.2) is 5.78 Å². The van der Waals surface area contributed by atoms with E-state index >= 15 is 0 Å². The summed E-state index contributed by atoms with van der Waals surface area (Å²) in [6, 6.07) is 13.4. The van der Waals surface area contributed by atoms with Crippen molar-refractivity contribution in [3.8, 4) is 5.69 Å². The highest BCUT2D eigenvalue weighted by Gasteiger charge is 2.36. The number of aryl methyl sites for hydroxylation is 2. The summed E-state index contributed by atoms with van der Waals surface area (Å²) in [6.07, 6.45) is 0.959. The largest absolute Gasteiger partial charge is 0.310 e. The summed E-state index contributed by atoms with van der Waals surface area (Å²) in [5.41, 5.74) is 3.54. The van der Waals surface area contributed by atoms with Crippen LogP contribution in [0.1, 0.15) is 46.4 Å². The molecular weight excluding hydrogens is 357 g/mol. The molecule has 1 atom stereocenters. The van der Waals surface area contributed by atoms with Gasteiger partial charge in [0.25, 0.3) is 0 Å². The first-order valence-corrected chi connectivity index (χ1v) is 9.26. The molecule has 0 aliphatic carbocycles. The Balaban J connectivity index is 1.78. The maximum absolute atomic E-state index is 13.7. The zero-order valence-corrected chi connectivity index (χ0v) is 15.7. The highest BCUT2D eigenvalue weighted by Crippen LogP contribution is 2.38. The third kappa shape index (κ3) is 3.11. The van der Waals surface area contributed by atoms with E-state index in [4.69, 9.17) is 0 Å². The van der Waals surface area contributed by atoms with Crippen LogP contribution in [-0.4, -0.2) is 21.5 Å². The van der Waals surface area contributed by atoms with E-state index in [1.807, 2.05) is 12.1 Å². The first-order valence-electron chi connectivity index (χ1n) is 9.26. The zero-order valence-electron chi connectivity index (χ0n) is 15.7. The number of benzene rings is 2. The predicted molar refractivity (Wildman–Crippen MR) is 104 cm³/mol. The number of ketones is 1. The number of anilines is 1. The van der Waals surface area contributed by atoms with Crippen LogP contribution in [0.25, 0.3) is 5.69 Å². The summed E-state index contributed by atoms with van der Waals surface area (Å²) in [6.45, 7) is 3.85. The maximum atomic E-state index is 13.7. The number of hydrogen-bond acceptors (Lipinski definition) is 3. The Kier molecular flexibility index (Phi) is 4.55. The van der Waals surface area contributed by atoms with Crippen LogP contribution in [0, 0.1) is 12.7 Å². The molecule has 0 radical (unpaired) electrons. The van der Waals surface area contributed by atoms with E-state index in [1.165, 1.54) is 16.8 Å². The minimum absolute atomic E-state index is 0.0665. The average molecular weight is 377 g/mol. The fourth-order valence-electron chi connectivity index (χ4n) is 3.67. The number of hydrogen-bond donors (Lipinski definition) is 1. The number of nitrogens with one attached hydrogen (secondary N) is 1. The molecule has 2 heterocycles. The monoisotopic (exact) mass is 377 g/mol. The Hall–Kier alpha value is -3.28. The van der Waals surface area contributed by atoms with E-state index in [-0.39, 0.29) is 18.1 Å². The van der Waals surface area contributed by atoms with Crippen LogP contribution in [0.5, 0.6) is 0 Å². The van der Waals surface area contributed by atoms with Crippen LogP contribution in [-0.2, 0) is 11.2 Å². The lowest BCUT2D eigenvalue weighted by molar-refractivity contribution is -0.116. The Morgan fingerprint density at radius 2 is 2.00 bits per heavy atom. The SMILES string of the molecule is CCc1ccc(C(=O)[C@H]2CC(=O)Nc3c2c(C)nn3-c2cccc(F)c2)cc1. The lowest BCUT2D eigenvalue weighted by Crippen LogP contribution is -2.28. The first kappa shape index (κ1) is 18.1. The van der Waals surface area contributed by atoms with Gasteiger partial charge in [0.1, 0.15) is 11.6 Å². The van der Waals surface area contributed by atoms with Crippen LogP contribution < -0.4 is 5.32 Å². The maximum Gasteiger partial charge on any atom is 0.226 e. The third-order valence-electron chi connectivity index (χ3n) is 5.12. The molecule has 1 N–H and O–H groups in total. The number of carbonyl (C=O) groups excluding carboxylic acids is 2. The van der Waals surface area contributed by atoms with Crippen LogP contribution >= 0.6 is 0 Å². The van der Waals surface area contributed by atoms with E-state index in [0.717, 1.165) is 12.0 Å². The molecule has 1 amide bonds. The van der Waals surface area contributed by atoms with Gasteiger partial charge in [0, 0.05) is 17.5 Å². The summed E-state index contributed by atoms with van der Waals surface area (Å²) in [7, 11) is 0. The van der Waals surface area contributed by atoms with E-state index < -0.39 is 11.7 Å². The van der Waals surface area contributed by atoms with Crippen molar-refractivity contribution in [1.82, 2.24) is 9.78 Å². The van der Waals surface area contributed by atoms with E-state index in [0.29, 0.717) is 28.3 Å². The second-order valence-electron chi connectivity index (χ2n) is 6.96. The van der Waals surface area contributed by atoms with Crippen molar-refractivity contribution >= 4 is 17.5 Å². The predicted octanol–water partition coefficient (Wildman–Crippen LogP) is 4.19. The second-order valence-corrected chi connectivity index (χ2v) is 6.96. The van der Waals surface area contributed by atoms with Gasteiger partial charge in [0.05, 0.1) is 17.3 Å². The minimum Gasteiger partial charge on any atom is -0.310 e. The second kappa shape index (κ2) is 7.03. The molecule has 1 aromatic heterocycles. The number of aromatic nitrogens is 2. The van der Waals surface area contributed by atoms with Gasteiger partial charge >= 0.3 is 0 Å². The van der Waals surface area contributed by atoms with Crippen molar-refractivity contribution in [2.75, 3.05) is 5.32 Å². The average Bonchev–Trinajstić information content (AvgIpc) is 3.03. The van der Waals surface area contributed by atoms with E-state index in [1.54, 1.807) is 31.2 Å². The Bertz CT molecular complexity index is 1070. The zero-order chi connectivity index (χ0) is 19.8. The van der Waals surface area contributed by atoms with Gasteiger partial charge in [-0.25, -0.2) is 9.07 Å². The van der Waals surface area contributed by atoms with Crippen molar-refractivity contribution in [2.24, 2.45) is 0 Å². The number of rotatable bonds is 4. The molecule has 1 aliphatic rings. The summed E-state index contributed by atoms with van der Waals surface area (Å²) in [5, 5.41) is 7.28. The van der Waals surface area contributed by atoms with Gasteiger partial charge in [-0.2, -0.15) is 5.10 Å². The van der Waals surface area contributed by atoms with Gasteiger partial charge < -0.3 is 5.32 Å².